The lowest BCUT2D eigenvalue weighted by atomic mass is 9.97. The van der Waals surface area contributed by atoms with E-state index in [2.05, 4.69) is 14.7 Å². The molecule has 7 nitrogen and oxygen atoms in total. The fourth-order valence-electron chi connectivity index (χ4n) is 4.35. The highest BCUT2D eigenvalue weighted by molar-refractivity contribution is 5.60. The van der Waals surface area contributed by atoms with Crippen LogP contribution in [-0.4, -0.2) is 103 Å². The maximum atomic E-state index is 14.1. The second kappa shape index (κ2) is 19.1. The molecule has 30 heteroatoms. The van der Waals surface area contributed by atoms with E-state index in [1.165, 1.54) is 35.3 Å². The number of benzene rings is 1. The van der Waals surface area contributed by atoms with Gasteiger partial charge in [0, 0.05) is 24.6 Å². The highest BCUT2D eigenvalue weighted by atomic mass is 19.4. The highest BCUT2D eigenvalue weighted by Gasteiger charge is 2.92. The fraction of sp³-hybridized carbons (Fsp3) is 0.688. The SMILES string of the molecule is CCCCCCOc1cc(-c2ncccn2)ccc1OCCCCOCC(F)(F)C(F)(F)C(F)(F)OC(F)(F)C(F)(F)OC(F)(F)C(F)(F)C(F)(F)C(F)(F)C(F)(F)C(F)(F)F. The van der Waals surface area contributed by atoms with E-state index in [1.54, 1.807) is 6.07 Å². The Bertz CT molecular complexity index is 1730. The molecule has 358 valence electrons. The van der Waals surface area contributed by atoms with Crippen molar-refractivity contribution >= 4 is 0 Å². The summed E-state index contributed by atoms with van der Waals surface area (Å²) in [5, 5.41) is 0. The predicted octanol–water partition coefficient (Wildman–Crippen LogP) is 12.1. The molecular formula is C32H29F23N2O5. The van der Waals surface area contributed by atoms with Crippen LogP contribution in [0.15, 0.2) is 36.7 Å². The molecule has 62 heavy (non-hydrogen) atoms. The number of nitrogens with zero attached hydrogens (tertiary/aromatic N) is 2. The van der Waals surface area contributed by atoms with Gasteiger partial charge in [-0.1, -0.05) is 26.2 Å². The van der Waals surface area contributed by atoms with Gasteiger partial charge in [-0.15, -0.1) is 0 Å². The van der Waals surface area contributed by atoms with Crippen molar-refractivity contribution in [2.45, 2.75) is 112 Å². The Labute approximate surface area is 332 Å². The van der Waals surface area contributed by atoms with E-state index in [9.17, 15) is 101 Å². The monoisotopic (exact) mass is 958 g/mol. The van der Waals surface area contributed by atoms with Gasteiger partial charge < -0.3 is 14.2 Å². The first-order valence-corrected chi connectivity index (χ1v) is 16.9. The summed E-state index contributed by atoms with van der Waals surface area (Å²) >= 11 is 0. The van der Waals surface area contributed by atoms with Crippen LogP contribution in [0.4, 0.5) is 101 Å². The van der Waals surface area contributed by atoms with E-state index in [1.807, 2.05) is 6.92 Å². The van der Waals surface area contributed by atoms with Crippen LogP contribution in [0.2, 0.25) is 0 Å². The molecule has 0 fully saturated rings. The molecule has 0 aliphatic heterocycles. The first-order chi connectivity index (χ1) is 27.9. The van der Waals surface area contributed by atoms with Gasteiger partial charge in [0.05, 0.1) is 13.2 Å². The second-order valence-electron chi connectivity index (χ2n) is 12.6. The quantitative estimate of drug-likeness (QED) is 0.0687. The van der Waals surface area contributed by atoms with Crippen LogP contribution in [0.1, 0.15) is 45.4 Å². The molecule has 1 heterocycles. The summed E-state index contributed by atoms with van der Waals surface area (Å²) < 4.78 is 328. The van der Waals surface area contributed by atoms with Crippen molar-refractivity contribution in [3.05, 3.63) is 36.7 Å². The lowest BCUT2D eigenvalue weighted by Gasteiger charge is -2.40. The van der Waals surface area contributed by atoms with Crippen LogP contribution in [0.25, 0.3) is 11.4 Å². The maximum absolute atomic E-state index is 14.1. The largest absolute Gasteiger partial charge is 0.490 e. The van der Waals surface area contributed by atoms with Crippen molar-refractivity contribution in [2.75, 3.05) is 26.4 Å². The van der Waals surface area contributed by atoms with Crippen LogP contribution in [-0.2, 0) is 14.2 Å². The van der Waals surface area contributed by atoms with Gasteiger partial charge in [0.1, 0.15) is 6.61 Å². The number of unbranched alkanes of at least 4 members (excludes halogenated alkanes) is 4. The van der Waals surface area contributed by atoms with Gasteiger partial charge in [-0.25, -0.2) is 19.4 Å². The summed E-state index contributed by atoms with van der Waals surface area (Å²) in [4.78, 5) is 8.18. The summed E-state index contributed by atoms with van der Waals surface area (Å²) in [6.45, 7) is -2.02. The van der Waals surface area contributed by atoms with Crippen LogP contribution in [0.5, 0.6) is 11.5 Å². The van der Waals surface area contributed by atoms with Gasteiger partial charge >= 0.3 is 66.1 Å². The number of halogens is 23. The number of rotatable bonds is 26. The average molecular weight is 959 g/mol. The van der Waals surface area contributed by atoms with Crippen LogP contribution >= 0.6 is 0 Å². The van der Waals surface area contributed by atoms with E-state index >= 15 is 0 Å². The van der Waals surface area contributed by atoms with Gasteiger partial charge in [0.25, 0.3) is 0 Å². The van der Waals surface area contributed by atoms with Crippen molar-refractivity contribution in [3.8, 4) is 22.9 Å². The zero-order valence-electron chi connectivity index (χ0n) is 30.7. The summed E-state index contributed by atoms with van der Waals surface area (Å²) in [6, 6.07) is 6.04. The van der Waals surface area contributed by atoms with E-state index in [-0.39, 0.29) is 31.1 Å². The van der Waals surface area contributed by atoms with Crippen molar-refractivity contribution in [3.63, 3.8) is 0 Å². The van der Waals surface area contributed by atoms with Gasteiger partial charge in [0.2, 0.25) is 0 Å². The first kappa shape index (κ1) is 54.3. The Balaban J connectivity index is 2.09. The van der Waals surface area contributed by atoms with E-state index in [0.29, 0.717) is 17.8 Å². The third-order valence-electron chi connectivity index (χ3n) is 7.83. The molecule has 0 N–H and O–H groups in total. The van der Waals surface area contributed by atoms with Crippen LogP contribution < -0.4 is 9.47 Å². The molecule has 0 unspecified atom stereocenters. The Morgan fingerprint density at radius 1 is 0.468 bits per heavy atom. The minimum atomic E-state index is -8.93. The van der Waals surface area contributed by atoms with Crippen LogP contribution in [0, 0.1) is 0 Å². The third-order valence-corrected chi connectivity index (χ3v) is 7.83. The van der Waals surface area contributed by atoms with Gasteiger partial charge in [0.15, 0.2) is 17.3 Å². The Morgan fingerprint density at radius 3 is 1.42 bits per heavy atom. The van der Waals surface area contributed by atoms with Crippen molar-refractivity contribution in [2.24, 2.45) is 0 Å². The molecule has 0 aliphatic carbocycles. The average Bonchev–Trinajstić information content (AvgIpc) is 3.13. The highest BCUT2D eigenvalue weighted by Crippen LogP contribution is 2.62. The lowest BCUT2D eigenvalue weighted by Crippen LogP contribution is -2.71. The van der Waals surface area contributed by atoms with Gasteiger partial charge in [-0.05, 0) is 43.5 Å². The number of hydrogen-bond acceptors (Lipinski definition) is 7. The maximum Gasteiger partial charge on any atom is 0.460 e. The minimum absolute atomic E-state index is 0.129. The van der Waals surface area contributed by atoms with Gasteiger partial charge in [-0.3, -0.25) is 0 Å². The normalized spacial score (nSPS) is 14.6. The topological polar surface area (TPSA) is 71.9 Å². The summed E-state index contributed by atoms with van der Waals surface area (Å²) in [6.07, 6.45) is -35.0. The van der Waals surface area contributed by atoms with Crippen molar-refractivity contribution in [1.29, 1.82) is 0 Å². The molecule has 0 saturated carbocycles. The standard InChI is InChI=1S/C32H29F23N2O5/c1-2-3-4-5-14-60-20-16-18(21-56-11-8-12-57-21)9-10-19(20)59-15-7-6-13-58-17-22(33,34)23(35,36)29(48,49)61-31(52,53)32(54,55)62-30(50,51)27(43,44)25(39,40)24(37,38)26(41,42)28(45,46)47/h8-12,16H,2-7,13-15,17H2,1H3. The third kappa shape index (κ3) is 11.3. The molecule has 0 spiro atoms. The van der Waals surface area contributed by atoms with Crippen molar-refractivity contribution in [1.82, 2.24) is 9.97 Å². The smallest absolute Gasteiger partial charge is 0.460 e. The fourth-order valence-corrected chi connectivity index (χ4v) is 4.35. The first-order valence-electron chi connectivity index (χ1n) is 16.9. The number of aromatic nitrogens is 2. The number of hydrogen-bond donors (Lipinski definition) is 0. The summed E-state index contributed by atoms with van der Waals surface area (Å²) in [5.41, 5.74) is 0.496. The zero-order valence-corrected chi connectivity index (χ0v) is 30.7. The van der Waals surface area contributed by atoms with E-state index < -0.39 is 85.8 Å². The Morgan fingerprint density at radius 2 is 0.919 bits per heavy atom. The van der Waals surface area contributed by atoms with Crippen molar-refractivity contribution < 1.29 is 125 Å². The molecule has 0 saturated heterocycles. The molecule has 0 radical (unpaired) electrons. The Kier molecular flexibility index (Phi) is 16.7. The molecule has 0 bridgehead atoms. The zero-order chi connectivity index (χ0) is 48.1. The second-order valence-corrected chi connectivity index (χ2v) is 12.6. The Hall–Kier alpha value is -3.83. The van der Waals surface area contributed by atoms with Gasteiger partial charge in [-0.2, -0.15) is 101 Å². The lowest BCUT2D eigenvalue weighted by molar-refractivity contribution is -0.556. The number of ether oxygens (including phenoxy) is 5. The van der Waals surface area contributed by atoms with E-state index in [0.717, 1.165) is 24.0 Å². The molecule has 2 rings (SSSR count). The molecule has 2 aromatic rings. The minimum Gasteiger partial charge on any atom is -0.490 e. The molecule has 1 aromatic heterocycles. The van der Waals surface area contributed by atoms with E-state index in [4.69, 9.17) is 9.47 Å². The predicted molar refractivity (Wildman–Crippen MR) is 160 cm³/mol. The molecule has 0 amide bonds. The summed E-state index contributed by atoms with van der Waals surface area (Å²) in [5.74, 6) is -48.4. The number of alkyl halides is 23. The molecule has 1 aromatic carbocycles. The molecule has 0 atom stereocenters. The molecular weight excluding hydrogens is 929 g/mol. The molecule has 0 aliphatic rings. The summed E-state index contributed by atoms with van der Waals surface area (Å²) in [7, 11) is 0. The van der Waals surface area contributed by atoms with Crippen LogP contribution in [0.3, 0.4) is 0 Å².